The molecule has 0 saturated heterocycles. The van der Waals surface area contributed by atoms with E-state index in [0.29, 0.717) is 18.5 Å². The molecule has 3 N–H and O–H groups in total. The molecule has 1 aliphatic heterocycles. The number of carbonyl (C=O) groups excluding carboxylic acids is 1. The molecule has 2 aromatic rings. The highest BCUT2D eigenvalue weighted by Gasteiger charge is 2.31. The van der Waals surface area contributed by atoms with E-state index in [4.69, 9.17) is 0 Å². The topological polar surface area (TPSA) is 70.6 Å². The van der Waals surface area contributed by atoms with E-state index in [1.54, 1.807) is 12.1 Å². The van der Waals surface area contributed by atoms with Crippen LogP contribution in [0.4, 0.5) is 18.9 Å². The molecule has 1 heterocycles. The van der Waals surface area contributed by atoms with Crippen molar-refractivity contribution in [3.05, 3.63) is 65.8 Å². The number of ether oxygens (including phenoxy) is 1. The van der Waals surface area contributed by atoms with Gasteiger partial charge in [-0.05, 0) is 47.4 Å². The first-order valence-electron chi connectivity index (χ1n) is 9.29. The van der Waals surface area contributed by atoms with Gasteiger partial charge in [-0.15, -0.1) is 13.2 Å². The molecule has 3 rings (SSSR count). The number of aliphatic hydroxyl groups is 1. The molecule has 2 aromatic carbocycles. The molecular formula is C22H21F3N2O3. The minimum atomic E-state index is -4.75. The van der Waals surface area contributed by atoms with Gasteiger partial charge in [0, 0.05) is 36.5 Å². The van der Waals surface area contributed by atoms with E-state index in [2.05, 4.69) is 21.9 Å². The van der Waals surface area contributed by atoms with Gasteiger partial charge in [-0.2, -0.15) is 0 Å². The summed E-state index contributed by atoms with van der Waals surface area (Å²) in [7, 11) is 0. The molecule has 0 spiro atoms. The Morgan fingerprint density at radius 1 is 1.30 bits per heavy atom. The minimum Gasteiger partial charge on any atom is -0.406 e. The van der Waals surface area contributed by atoms with Crippen LogP contribution >= 0.6 is 0 Å². The zero-order chi connectivity index (χ0) is 21.7. The Morgan fingerprint density at radius 3 is 2.67 bits per heavy atom. The zero-order valence-electron chi connectivity index (χ0n) is 16.1. The quantitative estimate of drug-likeness (QED) is 0.594. The monoisotopic (exact) mass is 418 g/mol. The predicted molar refractivity (Wildman–Crippen MR) is 109 cm³/mol. The summed E-state index contributed by atoms with van der Waals surface area (Å²) in [6.07, 6.45) is 0.702. The first-order valence-corrected chi connectivity index (χ1v) is 9.29. The van der Waals surface area contributed by atoms with Crippen molar-refractivity contribution in [2.24, 2.45) is 0 Å². The molecule has 5 nitrogen and oxygen atoms in total. The van der Waals surface area contributed by atoms with Crippen LogP contribution in [0.15, 0.2) is 49.1 Å². The molecule has 0 aliphatic carbocycles. The number of carbonyl (C=O) groups is 1. The van der Waals surface area contributed by atoms with Crippen molar-refractivity contribution in [3.63, 3.8) is 0 Å². The molecule has 0 radical (unpaired) electrons. The molecule has 1 aliphatic rings. The first kappa shape index (κ1) is 21.4. The second kappa shape index (κ2) is 9.04. The Hall–Kier alpha value is -3.26. The highest BCUT2D eigenvalue weighted by molar-refractivity contribution is 5.89. The van der Waals surface area contributed by atoms with Crippen LogP contribution in [0.2, 0.25) is 0 Å². The number of anilines is 1. The average molecular weight is 418 g/mol. The summed E-state index contributed by atoms with van der Waals surface area (Å²) < 4.78 is 41.3. The summed E-state index contributed by atoms with van der Waals surface area (Å²) in [5.74, 6) is -0.630. The summed E-state index contributed by atoms with van der Waals surface area (Å²) >= 11 is 0. The molecule has 30 heavy (non-hydrogen) atoms. The van der Waals surface area contributed by atoms with E-state index in [9.17, 15) is 23.1 Å². The summed E-state index contributed by atoms with van der Waals surface area (Å²) in [6.45, 7) is 4.19. The van der Waals surface area contributed by atoms with Crippen molar-refractivity contribution in [1.82, 2.24) is 5.32 Å². The number of fused-ring (bicyclic) bond motifs is 1. The van der Waals surface area contributed by atoms with Gasteiger partial charge >= 0.3 is 6.36 Å². The first-order chi connectivity index (χ1) is 14.3. The van der Waals surface area contributed by atoms with Gasteiger partial charge < -0.3 is 20.5 Å². The lowest BCUT2D eigenvalue weighted by molar-refractivity contribution is -0.274. The summed E-state index contributed by atoms with van der Waals surface area (Å²) in [4.78, 5) is 11.6. The maximum Gasteiger partial charge on any atom is 0.573 e. The maximum absolute atomic E-state index is 12.4. The number of halogens is 3. The molecule has 0 fully saturated rings. The van der Waals surface area contributed by atoms with Crippen LogP contribution in [0.3, 0.4) is 0 Å². The molecule has 1 amide bonds. The largest absolute Gasteiger partial charge is 0.573 e. The van der Waals surface area contributed by atoms with E-state index in [-0.39, 0.29) is 24.8 Å². The predicted octanol–water partition coefficient (Wildman–Crippen LogP) is 4.03. The van der Waals surface area contributed by atoms with Crippen LogP contribution < -0.4 is 15.4 Å². The van der Waals surface area contributed by atoms with Crippen molar-refractivity contribution in [1.29, 1.82) is 0 Å². The van der Waals surface area contributed by atoms with Gasteiger partial charge in [0.1, 0.15) is 5.75 Å². The molecule has 0 atom stereocenters. The van der Waals surface area contributed by atoms with Gasteiger partial charge in [0.05, 0.1) is 0 Å². The Labute approximate surface area is 171 Å². The fourth-order valence-corrected chi connectivity index (χ4v) is 3.40. The van der Waals surface area contributed by atoms with E-state index < -0.39 is 6.36 Å². The average Bonchev–Trinajstić information content (AvgIpc) is 2.72. The van der Waals surface area contributed by atoms with Crippen LogP contribution in [0, 0.1) is 0 Å². The van der Waals surface area contributed by atoms with E-state index in [0.717, 1.165) is 27.9 Å². The van der Waals surface area contributed by atoms with E-state index in [1.807, 2.05) is 18.2 Å². The summed E-state index contributed by atoms with van der Waals surface area (Å²) in [6, 6.07) is 7.49. The Balaban J connectivity index is 2.06. The van der Waals surface area contributed by atoms with Gasteiger partial charge in [-0.25, -0.2) is 0 Å². The number of rotatable bonds is 7. The minimum absolute atomic E-state index is 0.0640. The second-order valence-corrected chi connectivity index (χ2v) is 6.60. The number of aliphatic hydroxyl groups excluding tert-OH is 1. The fourth-order valence-electron chi connectivity index (χ4n) is 3.40. The van der Waals surface area contributed by atoms with Crippen LogP contribution in [0.1, 0.15) is 16.7 Å². The van der Waals surface area contributed by atoms with Gasteiger partial charge in [-0.3, -0.25) is 4.79 Å². The molecule has 0 unspecified atom stereocenters. The number of hydrogen-bond donors (Lipinski definition) is 3. The standard InChI is InChI=1S/C22H21F3N2O3/c1-2-20(29)27-13-15-12-19(14-5-7-16(8-6-14)30-22(23,24)25)21-18(4-3-10-26-21)17(15)9-11-28/h2-8,12,26,28H,1,9-11,13H2,(H,27,29). The van der Waals surface area contributed by atoms with Crippen LogP contribution in [-0.2, 0) is 17.8 Å². The number of hydrogen-bond acceptors (Lipinski definition) is 4. The lowest BCUT2D eigenvalue weighted by atomic mass is 9.89. The molecule has 8 heteroatoms. The van der Waals surface area contributed by atoms with Crippen LogP contribution in [-0.4, -0.2) is 30.5 Å². The highest BCUT2D eigenvalue weighted by atomic mass is 19.4. The van der Waals surface area contributed by atoms with Crippen molar-refractivity contribution in [2.45, 2.75) is 19.3 Å². The number of nitrogens with one attached hydrogen (secondary N) is 2. The molecule has 0 aromatic heterocycles. The Morgan fingerprint density at radius 2 is 2.03 bits per heavy atom. The van der Waals surface area contributed by atoms with E-state index in [1.165, 1.54) is 18.2 Å². The molecular weight excluding hydrogens is 397 g/mol. The molecule has 0 bridgehead atoms. The van der Waals surface area contributed by atoms with Crippen LogP contribution in [0.5, 0.6) is 5.75 Å². The van der Waals surface area contributed by atoms with Crippen LogP contribution in [0.25, 0.3) is 17.2 Å². The van der Waals surface area contributed by atoms with Crippen molar-refractivity contribution < 1.29 is 27.8 Å². The Kier molecular flexibility index (Phi) is 6.47. The van der Waals surface area contributed by atoms with Crippen molar-refractivity contribution >= 4 is 17.7 Å². The van der Waals surface area contributed by atoms with Crippen molar-refractivity contribution in [2.75, 3.05) is 18.5 Å². The van der Waals surface area contributed by atoms with Gasteiger partial charge in [0.2, 0.25) is 5.91 Å². The third-order valence-corrected chi connectivity index (χ3v) is 4.65. The smallest absolute Gasteiger partial charge is 0.406 e. The Bertz CT molecular complexity index is 967. The third kappa shape index (κ3) is 5.01. The summed E-state index contributed by atoms with van der Waals surface area (Å²) in [5, 5.41) is 15.6. The number of benzene rings is 2. The number of amides is 1. The fraction of sp³-hybridized carbons (Fsp3) is 0.227. The van der Waals surface area contributed by atoms with Gasteiger partial charge in [0.25, 0.3) is 0 Å². The van der Waals surface area contributed by atoms with Gasteiger partial charge in [-0.1, -0.05) is 30.9 Å². The van der Waals surface area contributed by atoms with E-state index >= 15 is 0 Å². The SMILES string of the molecule is C=CC(=O)NCc1cc(-c2ccc(OC(F)(F)F)cc2)c2c(c1CCO)C=CCN2. The van der Waals surface area contributed by atoms with Gasteiger partial charge in [0.15, 0.2) is 0 Å². The maximum atomic E-state index is 12.4. The highest BCUT2D eigenvalue weighted by Crippen LogP contribution is 2.39. The lowest BCUT2D eigenvalue weighted by Crippen LogP contribution is -2.22. The van der Waals surface area contributed by atoms with Crippen molar-refractivity contribution in [3.8, 4) is 16.9 Å². The molecule has 158 valence electrons. The summed E-state index contributed by atoms with van der Waals surface area (Å²) in [5.41, 5.74) is 4.86. The third-order valence-electron chi connectivity index (χ3n) is 4.65. The normalized spacial score (nSPS) is 12.7. The molecule has 0 saturated carbocycles. The number of alkyl halides is 3. The zero-order valence-corrected chi connectivity index (χ0v) is 16.1. The lowest BCUT2D eigenvalue weighted by Gasteiger charge is -2.24. The second-order valence-electron chi connectivity index (χ2n) is 6.60.